The Labute approximate surface area is 181 Å². The number of hydrogen-bond donors (Lipinski definition) is 1. The molecule has 1 aliphatic heterocycles. The van der Waals surface area contributed by atoms with Crippen LogP contribution in [0.25, 0.3) is 5.69 Å². The van der Waals surface area contributed by atoms with Gasteiger partial charge in [0.05, 0.1) is 31.5 Å². The van der Waals surface area contributed by atoms with Crippen LogP contribution in [0.1, 0.15) is 45.1 Å². The number of rotatable bonds is 5. The number of carbonyl (C=O) groups is 2. The van der Waals surface area contributed by atoms with Gasteiger partial charge < -0.3 is 14.8 Å². The number of methoxy groups -OCH3 is 2. The van der Waals surface area contributed by atoms with Gasteiger partial charge in [-0.05, 0) is 56.2 Å². The number of Topliss-reactive ketones (excluding diaryl/α,β-unsaturated/α-hetero) is 1. The summed E-state index contributed by atoms with van der Waals surface area (Å²) in [6, 6.07) is 11.3. The first-order valence-electron chi connectivity index (χ1n) is 10.1. The van der Waals surface area contributed by atoms with Gasteiger partial charge in [-0.25, -0.2) is 4.68 Å². The molecule has 1 aliphatic rings. The summed E-state index contributed by atoms with van der Waals surface area (Å²) in [5.41, 5.74) is 4.76. The molecule has 160 valence electrons. The van der Waals surface area contributed by atoms with Gasteiger partial charge in [0.25, 0.3) is 0 Å². The largest absolute Gasteiger partial charge is 0.496 e. The van der Waals surface area contributed by atoms with Crippen molar-refractivity contribution < 1.29 is 19.1 Å². The van der Waals surface area contributed by atoms with E-state index >= 15 is 0 Å². The molecule has 0 aliphatic carbocycles. The lowest BCUT2D eigenvalue weighted by Crippen LogP contribution is -2.29. The molecule has 7 nitrogen and oxygen atoms in total. The average molecular weight is 419 g/mol. The highest BCUT2D eigenvalue weighted by molar-refractivity contribution is 6.10. The van der Waals surface area contributed by atoms with Crippen molar-refractivity contribution in [1.82, 2.24) is 9.78 Å². The number of carbonyl (C=O) groups excluding carboxylic acids is 2. The fraction of sp³-hybridized carbons (Fsp3) is 0.292. The van der Waals surface area contributed by atoms with Gasteiger partial charge >= 0.3 is 0 Å². The Morgan fingerprint density at radius 2 is 1.68 bits per heavy atom. The lowest BCUT2D eigenvalue weighted by molar-refractivity contribution is -0.116. The number of ketones is 1. The molecule has 7 heteroatoms. The fourth-order valence-electron chi connectivity index (χ4n) is 4.30. The number of aromatic nitrogens is 2. The maximum atomic E-state index is 13.7. The highest BCUT2D eigenvalue weighted by atomic mass is 16.5. The molecule has 2 heterocycles. The van der Waals surface area contributed by atoms with Gasteiger partial charge in [0, 0.05) is 12.0 Å². The zero-order valence-corrected chi connectivity index (χ0v) is 18.3. The zero-order chi connectivity index (χ0) is 22.3. The van der Waals surface area contributed by atoms with Crippen molar-refractivity contribution in [2.24, 2.45) is 0 Å². The van der Waals surface area contributed by atoms with E-state index in [9.17, 15) is 9.59 Å². The summed E-state index contributed by atoms with van der Waals surface area (Å²) in [4.78, 5) is 26.3. The normalized spacial score (nSPS) is 15.3. The Morgan fingerprint density at radius 1 is 1.06 bits per heavy atom. The zero-order valence-electron chi connectivity index (χ0n) is 18.3. The predicted molar refractivity (Wildman–Crippen MR) is 118 cm³/mol. The van der Waals surface area contributed by atoms with Crippen LogP contribution in [0.4, 0.5) is 5.82 Å². The number of anilines is 1. The van der Waals surface area contributed by atoms with E-state index in [1.807, 2.05) is 32.9 Å². The van der Waals surface area contributed by atoms with Crippen molar-refractivity contribution in [2.75, 3.05) is 19.5 Å². The van der Waals surface area contributed by atoms with E-state index in [2.05, 4.69) is 16.5 Å². The van der Waals surface area contributed by atoms with E-state index < -0.39 is 5.92 Å². The molecule has 0 spiro atoms. The topological polar surface area (TPSA) is 82.4 Å². The van der Waals surface area contributed by atoms with Crippen LogP contribution in [-0.2, 0) is 4.79 Å². The smallest absolute Gasteiger partial charge is 0.226 e. The minimum atomic E-state index is -0.686. The van der Waals surface area contributed by atoms with Crippen molar-refractivity contribution in [2.45, 2.75) is 33.1 Å². The Hall–Kier alpha value is -3.61. The molecule has 0 saturated heterocycles. The number of ether oxygens (including phenoxy) is 2. The Bertz CT molecular complexity index is 1150. The first-order chi connectivity index (χ1) is 14.8. The van der Waals surface area contributed by atoms with E-state index in [0.717, 1.165) is 22.4 Å². The molecule has 0 bridgehead atoms. The van der Waals surface area contributed by atoms with Crippen LogP contribution in [-0.4, -0.2) is 35.7 Å². The molecular formula is C24H25N3O4. The van der Waals surface area contributed by atoms with Gasteiger partial charge in [0.1, 0.15) is 22.9 Å². The second-order valence-corrected chi connectivity index (χ2v) is 7.81. The lowest BCUT2D eigenvalue weighted by Gasteiger charge is -2.24. The third kappa shape index (κ3) is 3.56. The summed E-state index contributed by atoms with van der Waals surface area (Å²) in [5.74, 6) is 0.214. The summed E-state index contributed by atoms with van der Waals surface area (Å²) < 4.78 is 12.6. The minimum Gasteiger partial charge on any atom is -0.496 e. The third-order valence-corrected chi connectivity index (χ3v) is 5.54. The van der Waals surface area contributed by atoms with Crippen LogP contribution in [0.5, 0.6) is 11.5 Å². The number of nitrogens with one attached hydrogen (secondary N) is 1. The van der Waals surface area contributed by atoms with E-state index in [4.69, 9.17) is 9.47 Å². The molecular weight excluding hydrogens is 394 g/mol. The highest BCUT2D eigenvalue weighted by Crippen LogP contribution is 2.41. The van der Waals surface area contributed by atoms with Gasteiger partial charge in [-0.15, -0.1) is 0 Å². The molecule has 1 atom stereocenters. The highest BCUT2D eigenvalue weighted by Gasteiger charge is 2.38. The van der Waals surface area contributed by atoms with Gasteiger partial charge in [0.2, 0.25) is 5.91 Å². The van der Waals surface area contributed by atoms with Gasteiger partial charge in [-0.2, -0.15) is 5.10 Å². The Balaban J connectivity index is 1.87. The molecule has 0 unspecified atom stereocenters. The quantitative estimate of drug-likeness (QED) is 0.629. The summed E-state index contributed by atoms with van der Waals surface area (Å²) in [5, 5.41) is 7.60. The van der Waals surface area contributed by atoms with Crippen LogP contribution < -0.4 is 14.8 Å². The molecule has 31 heavy (non-hydrogen) atoms. The van der Waals surface area contributed by atoms with Gasteiger partial charge in [-0.3, -0.25) is 9.59 Å². The SMILES string of the molecule is COc1cccc(OC)c1C(=O)[C@@H]1CC(=O)Nc2c1c(C)nn2-c1cc(C)cc(C)c1. The van der Waals surface area contributed by atoms with Crippen LogP contribution in [0.3, 0.4) is 0 Å². The summed E-state index contributed by atoms with van der Waals surface area (Å²) in [7, 11) is 3.02. The number of benzene rings is 2. The van der Waals surface area contributed by atoms with Gasteiger partial charge in [-0.1, -0.05) is 12.1 Å². The monoisotopic (exact) mass is 419 g/mol. The molecule has 0 saturated carbocycles. The lowest BCUT2D eigenvalue weighted by atomic mass is 9.84. The first kappa shape index (κ1) is 20.7. The molecule has 1 amide bonds. The Kier molecular flexibility index (Phi) is 5.27. The maximum absolute atomic E-state index is 13.7. The minimum absolute atomic E-state index is 0.0341. The second-order valence-electron chi connectivity index (χ2n) is 7.81. The standard InChI is InChI=1S/C24H25N3O4/c1-13-9-14(2)11-16(10-13)27-24-21(15(3)26-27)17(12-20(28)25-24)23(29)22-18(30-4)7-6-8-19(22)31-5/h6-11,17H,12H2,1-5H3,(H,25,28)/t17-/m1/s1. The van der Waals surface area contributed by atoms with Crippen molar-refractivity contribution in [3.05, 3.63) is 64.3 Å². The molecule has 0 fully saturated rings. The molecule has 1 N–H and O–H groups in total. The average Bonchev–Trinajstić information content (AvgIpc) is 3.07. The van der Waals surface area contributed by atoms with Crippen molar-refractivity contribution in [1.29, 1.82) is 0 Å². The van der Waals surface area contributed by atoms with E-state index in [1.54, 1.807) is 22.9 Å². The summed E-state index contributed by atoms with van der Waals surface area (Å²) in [6.07, 6.45) is 0.0341. The number of fused-ring (bicyclic) bond motifs is 1. The van der Waals surface area contributed by atoms with Crippen LogP contribution in [0.15, 0.2) is 36.4 Å². The molecule has 2 aromatic carbocycles. The maximum Gasteiger partial charge on any atom is 0.226 e. The fourth-order valence-corrected chi connectivity index (χ4v) is 4.30. The van der Waals surface area contributed by atoms with Crippen LogP contribution in [0, 0.1) is 20.8 Å². The summed E-state index contributed by atoms with van der Waals surface area (Å²) in [6.45, 7) is 5.88. The summed E-state index contributed by atoms with van der Waals surface area (Å²) >= 11 is 0. The van der Waals surface area contributed by atoms with E-state index in [0.29, 0.717) is 28.6 Å². The number of amides is 1. The second kappa shape index (κ2) is 7.91. The third-order valence-electron chi connectivity index (χ3n) is 5.54. The van der Waals surface area contributed by atoms with Gasteiger partial charge in [0.15, 0.2) is 5.78 Å². The molecule has 1 aromatic heterocycles. The number of hydrogen-bond acceptors (Lipinski definition) is 5. The van der Waals surface area contributed by atoms with Crippen LogP contribution >= 0.6 is 0 Å². The van der Waals surface area contributed by atoms with Crippen molar-refractivity contribution in [3.63, 3.8) is 0 Å². The Morgan fingerprint density at radius 3 is 2.26 bits per heavy atom. The van der Waals surface area contributed by atoms with E-state index in [1.165, 1.54) is 14.2 Å². The molecule has 4 rings (SSSR count). The molecule has 3 aromatic rings. The van der Waals surface area contributed by atoms with Crippen molar-refractivity contribution >= 4 is 17.5 Å². The van der Waals surface area contributed by atoms with E-state index in [-0.39, 0.29) is 18.1 Å². The number of nitrogens with zero attached hydrogens (tertiary/aromatic N) is 2. The van der Waals surface area contributed by atoms with Crippen LogP contribution in [0.2, 0.25) is 0 Å². The molecule has 0 radical (unpaired) electrons. The predicted octanol–water partition coefficient (Wildman–Crippen LogP) is 4.12. The number of aryl methyl sites for hydroxylation is 3. The van der Waals surface area contributed by atoms with Crippen molar-refractivity contribution in [3.8, 4) is 17.2 Å². The first-order valence-corrected chi connectivity index (χ1v) is 10.1.